The van der Waals surface area contributed by atoms with E-state index in [0.29, 0.717) is 46.0 Å². The molecule has 0 spiro atoms. The fraction of sp³-hybridized carbons (Fsp3) is 0.286. The Balaban J connectivity index is 2.07. The Bertz CT molecular complexity index is 931. The number of Topliss-reactive ketones (excluding diaryl/α,β-unsaturated/α-hetero) is 1. The molecule has 27 heavy (non-hydrogen) atoms. The number of nitrogens with one attached hydrogen (secondary N) is 1. The van der Waals surface area contributed by atoms with Crippen molar-refractivity contribution in [2.24, 2.45) is 0 Å². The molecule has 0 atom stereocenters. The lowest BCUT2D eigenvalue weighted by atomic mass is 9.99. The second kappa shape index (κ2) is 7.32. The molecule has 1 aliphatic rings. The van der Waals surface area contributed by atoms with Gasteiger partial charge in [-0.15, -0.1) is 0 Å². The predicted octanol–water partition coefficient (Wildman–Crippen LogP) is 1.98. The summed E-state index contributed by atoms with van der Waals surface area (Å²) in [7, 11) is 7.09. The SMILES string of the molecule is COc1ccc(/C=C2\Oc3c(C[NH+](C)C)c(O)cc(C)c3C2=O)c(OC)c1. The van der Waals surface area contributed by atoms with Crippen molar-refractivity contribution in [1.82, 2.24) is 0 Å². The summed E-state index contributed by atoms with van der Waals surface area (Å²) in [6.07, 6.45) is 1.66. The molecule has 2 aromatic carbocycles. The number of aryl methyl sites for hydroxylation is 1. The van der Waals surface area contributed by atoms with Crippen LogP contribution in [0, 0.1) is 6.92 Å². The number of ketones is 1. The van der Waals surface area contributed by atoms with E-state index in [1.165, 1.54) is 0 Å². The lowest BCUT2D eigenvalue weighted by molar-refractivity contribution is -0.872. The molecule has 0 bridgehead atoms. The first-order chi connectivity index (χ1) is 12.8. The van der Waals surface area contributed by atoms with E-state index in [1.54, 1.807) is 51.5 Å². The van der Waals surface area contributed by atoms with E-state index in [0.717, 1.165) is 4.90 Å². The number of allylic oxidation sites excluding steroid dienone is 1. The Morgan fingerprint density at radius 3 is 2.56 bits per heavy atom. The maximum Gasteiger partial charge on any atom is 0.232 e. The van der Waals surface area contributed by atoms with Gasteiger partial charge in [0.2, 0.25) is 5.78 Å². The first-order valence-electron chi connectivity index (χ1n) is 8.66. The summed E-state index contributed by atoms with van der Waals surface area (Å²) < 4.78 is 16.5. The van der Waals surface area contributed by atoms with Gasteiger partial charge in [0.15, 0.2) is 11.5 Å². The molecule has 2 aromatic rings. The minimum absolute atomic E-state index is 0.142. The van der Waals surface area contributed by atoms with Crippen LogP contribution in [-0.2, 0) is 6.54 Å². The summed E-state index contributed by atoms with van der Waals surface area (Å²) in [5, 5.41) is 10.3. The Kier molecular flexibility index (Phi) is 5.10. The van der Waals surface area contributed by atoms with Gasteiger partial charge in [0, 0.05) is 11.6 Å². The topological polar surface area (TPSA) is 69.4 Å². The standard InChI is InChI=1S/C21H23NO5/c1-12-8-16(23)15(11-22(2)3)21-19(12)20(24)18(27-21)9-13-6-7-14(25-4)10-17(13)26-5/h6-10,23H,11H2,1-5H3/p+1/b18-9-. The highest BCUT2D eigenvalue weighted by atomic mass is 16.5. The molecule has 0 fully saturated rings. The Labute approximate surface area is 158 Å². The maximum atomic E-state index is 12.9. The maximum absolute atomic E-state index is 12.9. The second-order valence-electron chi connectivity index (χ2n) is 6.83. The summed E-state index contributed by atoms with van der Waals surface area (Å²) in [5.41, 5.74) is 2.53. The average molecular weight is 370 g/mol. The molecule has 0 unspecified atom stereocenters. The smallest absolute Gasteiger partial charge is 0.232 e. The zero-order valence-corrected chi connectivity index (χ0v) is 16.2. The van der Waals surface area contributed by atoms with Gasteiger partial charge < -0.3 is 24.2 Å². The molecule has 3 rings (SSSR count). The molecule has 6 nitrogen and oxygen atoms in total. The molecule has 0 aromatic heterocycles. The number of quaternary nitrogens is 1. The van der Waals surface area contributed by atoms with Gasteiger partial charge in [0.1, 0.15) is 23.8 Å². The lowest BCUT2D eigenvalue weighted by Crippen LogP contribution is -3.04. The number of hydrogen-bond donors (Lipinski definition) is 2. The third kappa shape index (κ3) is 3.48. The molecule has 142 valence electrons. The molecule has 0 aliphatic carbocycles. The minimum atomic E-state index is -0.199. The second-order valence-corrected chi connectivity index (χ2v) is 6.83. The number of phenols is 1. The van der Waals surface area contributed by atoms with Crippen molar-refractivity contribution in [1.29, 1.82) is 0 Å². The summed E-state index contributed by atoms with van der Waals surface area (Å²) in [6.45, 7) is 2.34. The normalized spacial score (nSPS) is 14.4. The molecule has 0 radical (unpaired) electrons. The number of methoxy groups -OCH3 is 2. The van der Waals surface area contributed by atoms with E-state index >= 15 is 0 Å². The van der Waals surface area contributed by atoms with E-state index in [4.69, 9.17) is 14.2 Å². The quantitative estimate of drug-likeness (QED) is 0.788. The number of phenolic OH excluding ortho intramolecular Hbond substituents is 1. The van der Waals surface area contributed by atoms with Crippen LogP contribution in [0.1, 0.15) is 27.0 Å². The molecule has 0 saturated carbocycles. The number of carbonyl (C=O) groups excluding carboxylic acids is 1. The summed E-state index contributed by atoms with van der Waals surface area (Å²) in [6, 6.07) is 6.96. The van der Waals surface area contributed by atoms with Gasteiger partial charge in [-0.2, -0.15) is 0 Å². The van der Waals surface area contributed by atoms with Crippen LogP contribution in [0.15, 0.2) is 30.0 Å². The van der Waals surface area contributed by atoms with Gasteiger partial charge >= 0.3 is 0 Å². The molecule has 0 amide bonds. The molecule has 1 heterocycles. The Hall–Kier alpha value is -2.99. The number of carbonyl (C=O) groups is 1. The van der Waals surface area contributed by atoms with E-state index in [9.17, 15) is 9.90 Å². The number of fused-ring (bicyclic) bond motifs is 1. The third-order valence-corrected chi connectivity index (χ3v) is 4.48. The number of aromatic hydroxyl groups is 1. The Morgan fingerprint density at radius 2 is 1.93 bits per heavy atom. The van der Waals surface area contributed by atoms with Gasteiger partial charge in [-0.3, -0.25) is 4.79 Å². The molecule has 0 saturated heterocycles. The van der Waals surface area contributed by atoms with Crippen LogP contribution in [-0.4, -0.2) is 39.2 Å². The van der Waals surface area contributed by atoms with Crippen LogP contribution in [0.5, 0.6) is 23.0 Å². The van der Waals surface area contributed by atoms with E-state index in [-0.39, 0.29) is 17.3 Å². The predicted molar refractivity (Wildman–Crippen MR) is 102 cm³/mol. The van der Waals surface area contributed by atoms with Crippen LogP contribution >= 0.6 is 0 Å². The fourth-order valence-electron chi connectivity index (χ4n) is 3.18. The zero-order chi connectivity index (χ0) is 19.7. The van der Waals surface area contributed by atoms with Crippen LogP contribution in [0.25, 0.3) is 6.08 Å². The monoisotopic (exact) mass is 370 g/mol. The number of benzene rings is 2. The van der Waals surface area contributed by atoms with Crippen molar-refractivity contribution in [3.8, 4) is 23.0 Å². The number of hydrogen-bond acceptors (Lipinski definition) is 5. The van der Waals surface area contributed by atoms with Crippen LogP contribution in [0.2, 0.25) is 0 Å². The van der Waals surface area contributed by atoms with Crippen LogP contribution in [0.4, 0.5) is 0 Å². The first kappa shape index (κ1) is 18.8. The van der Waals surface area contributed by atoms with Crippen molar-refractivity contribution < 1.29 is 29.0 Å². The summed E-state index contributed by atoms with van der Waals surface area (Å²) in [4.78, 5) is 14.1. The molecule has 6 heteroatoms. The van der Waals surface area contributed by atoms with Crippen molar-refractivity contribution in [3.05, 3.63) is 52.3 Å². The van der Waals surface area contributed by atoms with Crippen LogP contribution < -0.4 is 19.1 Å². The highest BCUT2D eigenvalue weighted by Gasteiger charge is 2.34. The van der Waals surface area contributed by atoms with E-state index in [2.05, 4.69) is 0 Å². The Morgan fingerprint density at radius 1 is 1.19 bits per heavy atom. The highest BCUT2D eigenvalue weighted by molar-refractivity contribution is 6.16. The first-order valence-corrected chi connectivity index (χ1v) is 8.66. The molecular weight excluding hydrogens is 346 g/mol. The highest BCUT2D eigenvalue weighted by Crippen LogP contribution is 2.41. The van der Waals surface area contributed by atoms with Gasteiger partial charge in [0.05, 0.1) is 39.4 Å². The van der Waals surface area contributed by atoms with Gasteiger partial charge in [-0.25, -0.2) is 0 Å². The van der Waals surface area contributed by atoms with Crippen molar-refractivity contribution in [2.45, 2.75) is 13.5 Å². The van der Waals surface area contributed by atoms with Crippen molar-refractivity contribution in [3.63, 3.8) is 0 Å². The van der Waals surface area contributed by atoms with Gasteiger partial charge in [-0.05, 0) is 36.8 Å². The number of ether oxygens (including phenoxy) is 3. The van der Waals surface area contributed by atoms with E-state index in [1.807, 2.05) is 14.1 Å². The number of rotatable bonds is 5. The molecule has 2 N–H and O–H groups in total. The summed E-state index contributed by atoms with van der Waals surface area (Å²) in [5.74, 6) is 1.83. The zero-order valence-electron chi connectivity index (χ0n) is 16.2. The van der Waals surface area contributed by atoms with Crippen molar-refractivity contribution in [2.75, 3.05) is 28.3 Å². The molecule has 1 aliphatic heterocycles. The third-order valence-electron chi connectivity index (χ3n) is 4.48. The lowest BCUT2D eigenvalue weighted by Gasteiger charge is -2.13. The van der Waals surface area contributed by atoms with Gasteiger partial charge in [0.25, 0.3) is 0 Å². The van der Waals surface area contributed by atoms with Gasteiger partial charge in [-0.1, -0.05) is 0 Å². The van der Waals surface area contributed by atoms with Crippen molar-refractivity contribution >= 4 is 11.9 Å². The van der Waals surface area contributed by atoms with E-state index < -0.39 is 0 Å². The van der Waals surface area contributed by atoms with Crippen LogP contribution in [0.3, 0.4) is 0 Å². The average Bonchev–Trinajstić information content (AvgIpc) is 2.95. The largest absolute Gasteiger partial charge is 0.507 e. The fourth-order valence-corrected chi connectivity index (χ4v) is 3.18. The minimum Gasteiger partial charge on any atom is -0.507 e. The molecular formula is C21H24NO5+. The summed E-state index contributed by atoms with van der Waals surface area (Å²) >= 11 is 0.